The monoisotopic (exact) mass is 522 g/mol. The molecule has 210 valence electrons. The van der Waals surface area contributed by atoms with Crippen LogP contribution in [0.25, 0.3) is 0 Å². The summed E-state index contributed by atoms with van der Waals surface area (Å²) < 4.78 is 11.0. The fourth-order valence-electron chi connectivity index (χ4n) is 6.36. The number of hydrogen-bond acceptors (Lipinski definition) is 7. The molecule has 0 aromatic rings. The van der Waals surface area contributed by atoms with Crippen LogP contribution >= 0.6 is 0 Å². The maximum absolute atomic E-state index is 12.1. The van der Waals surface area contributed by atoms with Crippen LogP contribution < -0.4 is 0 Å². The molecule has 0 saturated heterocycles. The van der Waals surface area contributed by atoms with Crippen molar-refractivity contribution in [2.45, 2.75) is 85.5 Å². The van der Waals surface area contributed by atoms with E-state index in [9.17, 15) is 24.6 Å². The van der Waals surface area contributed by atoms with Crippen LogP contribution in [-0.2, 0) is 23.9 Å². The topological polar surface area (TPSA) is 130 Å². The number of hydrogen-bond donors (Lipinski definition) is 3. The van der Waals surface area contributed by atoms with Crippen LogP contribution in [0.2, 0.25) is 0 Å². The van der Waals surface area contributed by atoms with Gasteiger partial charge in [0.05, 0.1) is 26.1 Å². The van der Waals surface area contributed by atoms with Gasteiger partial charge in [-0.1, -0.05) is 26.0 Å². The minimum absolute atomic E-state index is 0.0290. The highest BCUT2D eigenvalue weighted by Gasteiger charge is 2.56. The number of carbonyl (C=O) groups excluding carboxylic acids is 2. The molecule has 0 aromatic heterocycles. The molecule has 3 N–H and O–H groups in total. The second-order valence-corrected chi connectivity index (χ2v) is 11.2. The predicted octanol–water partition coefficient (Wildman–Crippen LogP) is 4.43. The van der Waals surface area contributed by atoms with E-state index in [1.807, 2.05) is 0 Å². The van der Waals surface area contributed by atoms with Gasteiger partial charge >= 0.3 is 17.9 Å². The van der Waals surface area contributed by atoms with E-state index in [0.29, 0.717) is 17.9 Å². The molecule has 0 aliphatic heterocycles. The molecule has 0 spiro atoms. The first-order chi connectivity index (χ1) is 17.5. The van der Waals surface area contributed by atoms with Crippen molar-refractivity contribution in [1.29, 1.82) is 0 Å². The standard InChI is InChI=1S/C29H46O8/c1-5-20(2)27(35)37-17-22(13-16-30)12-14-28(4)21(3)11-15-29(19-31)23(7-6-8-24(28)29)18-36-26(34)10-9-25(32)33/h5,7,21-22,24,30-31H,6,8-19H2,1-4H3,(H,32,33)/b20-5-/t21-,22-,24-,28-,29-/m1/s1. The number of ether oxygens (including phenoxy) is 2. The summed E-state index contributed by atoms with van der Waals surface area (Å²) in [5.41, 5.74) is 0.934. The second kappa shape index (κ2) is 14.1. The number of carbonyl (C=O) groups is 3. The van der Waals surface area contributed by atoms with Crippen molar-refractivity contribution in [3.8, 4) is 0 Å². The number of carboxylic acids is 1. The number of esters is 2. The van der Waals surface area contributed by atoms with Gasteiger partial charge in [0.2, 0.25) is 0 Å². The Morgan fingerprint density at radius 3 is 2.51 bits per heavy atom. The Morgan fingerprint density at radius 1 is 1.16 bits per heavy atom. The summed E-state index contributed by atoms with van der Waals surface area (Å²) in [6.45, 7) is 8.42. The molecule has 0 aromatic carbocycles. The molecule has 5 atom stereocenters. The molecule has 0 amide bonds. The summed E-state index contributed by atoms with van der Waals surface area (Å²) in [5, 5.41) is 29.2. The fraction of sp³-hybridized carbons (Fsp3) is 0.759. The largest absolute Gasteiger partial charge is 0.481 e. The van der Waals surface area contributed by atoms with Crippen molar-refractivity contribution >= 4 is 17.9 Å². The first kappa shape index (κ1) is 31.0. The van der Waals surface area contributed by atoms with Gasteiger partial charge in [-0.25, -0.2) is 4.79 Å². The van der Waals surface area contributed by atoms with E-state index in [2.05, 4.69) is 19.9 Å². The number of fused-ring (bicyclic) bond motifs is 1. The zero-order chi connectivity index (χ0) is 27.6. The Kier molecular flexibility index (Phi) is 11.8. The van der Waals surface area contributed by atoms with Crippen molar-refractivity contribution in [2.75, 3.05) is 26.4 Å². The molecule has 0 bridgehead atoms. The van der Waals surface area contributed by atoms with Crippen molar-refractivity contribution in [2.24, 2.45) is 28.6 Å². The van der Waals surface area contributed by atoms with Gasteiger partial charge in [-0.15, -0.1) is 0 Å². The minimum atomic E-state index is -1.04. The van der Waals surface area contributed by atoms with E-state index < -0.39 is 17.4 Å². The zero-order valence-corrected chi connectivity index (χ0v) is 23.0. The predicted molar refractivity (Wildman–Crippen MR) is 139 cm³/mol. The lowest BCUT2D eigenvalue weighted by molar-refractivity contribution is -0.148. The Balaban J connectivity index is 2.15. The van der Waals surface area contributed by atoms with Gasteiger partial charge in [-0.2, -0.15) is 0 Å². The quantitative estimate of drug-likeness (QED) is 0.173. The maximum Gasteiger partial charge on any atom is 0.333 e. The highest BCUT2D eigenvalue weighted by Crippen LogP contribution is 2.62. The first-order valence-electron chi connectivity index (χ1n) is 13.6. The zero-order valence-electron chi connectivity index (χ0n) is 23.0. The molecule has 37 heavy (non-hydrogen) atoms. The normalized spacial score (nSPS) is 28.6. The van der Waals surface area contributed by atoms with Crippen LogP contribution in [0.1, 0.15) is 85.5 Å². The van der Waals surface area contributed by atoms with E-state index in [-0.39, 0.29) is 62.5 Å². The van der Waals surface area contributed by atoms with Crippen LogP contribution in [-0.4, -0.2) is 59.7 Å². The first-order valence-corrected chi connectivity index (χ1v) is 13.6. The summed E-state index contributed by atoms with van der Waals surface area (Å²) in [4.78, 5) is 35.0. The SMILES string of the molecule is C/C=C(/C)C(=O)OC[C@@H](CCO)CC[C@]1(C)[C@H](C)CC[C@@]2(CO)C(COC(=O)CCC(=O)O)=CCC[C@@H]21. The average Bonchev–Trinajstić information content (AvgIpc) is 2.89. The summed E-state index contributed by atoms with van der Waals surface area (Å²) in [5.74, 6) is -1.26. The van der Waals surface area contributed by atoms with E-state index in [4.69, 9.17) is 14.6 Å². The summed E-state index contributed by atoms with van der Waals surface area (Å²) >= 11 is 0. The van der Waals surface area contributed by atoms with Crippen LogP contribution in [0.15, 0.2) is 23.3 Å². The summed E-state index contributed by atoms with van der Waals surface area (Å²) in [6.07, 6.45) is 9.10. The number of aliphatic hydroxyl groups is 2. The molecular formula is C29H46O8. The van der Waals surface area contributed by atoms with E-state index in [1.165, 1.54) is 0 Å². The van der Waals surface area contributed by atoms with Crippen LogP contribution in [0.5, 0.6) is 0 Å². The molecule has 2 aliphatic rings. The molecule has 2 aliphatic carbocycles. The van der Waals surface area contributed by atoms with Gasteiger partial charge in [0.25, 0.3) is 0 Å². The number of aliphatic hydroxyl groups excluding tert-OH is 2. The lowest BCUT2D eigenvalue weighted by Gasteiger charge is -2.59. The third-order valence-corrected chi connectivity index (χ3v) is 9.15. The lowest BCUT2D eigenvalue weighted by atomic mass is 9.46. The van der Waals surface area contributed by atoms with E-state index >= 15 is 0 Å². The molecule has 8 nitrogen and oxygen atoms in total. The van der Waals surface area contributed by atoms with E-state index in [1.54, 1.807) is 19.9 Å². The Labute approximate surface area is 221 Å². The van der Waals surface area contributed by atoms with Crippen molar-refractivity contribution in [1.82, 2.24) is 0 Å². The molecule has 2 rings (SSSR count). The third-order valence-electron chi connectivity index (χ3n) is 9.15. The minimum Gasteiger partial charge on any atom is -0.481 e. The third kappa shape index (κ3) is 7.66. The number of carboxylic acid groups (broad SMARTS) is 1. The molecule has 1 saturated carbocycles. The van der Waals surface area contributed by atoms with Crippen LogP contribution in [0.3, 0.4) is 0 Å². The van der Waals surface area contributed by atoms with Crippen molar-refractivity contribution in [3.05, 3.63) is 23.3 Å². The smallest absolute Gasteiger partial charge is 0.333 e. The van der Waals surface area contributed by atoms with Crippen LogP contribution in [0, 0.1) is 28.6 Å². The van der Waals surface area contributed by atoms with Gasteiger partial charge in [0.1, 0.15) is 6.61 Å². The molecular weight excluding hydrogens is 476 g/mol. The average molecular weight is 523 g/mol. The number of allylic oxidation sites excluding steroid dienone is 2. The van der Waals surface area contributed by atoms with Gasteiger partial charge in [-0.05, 0) is 87.5 Å². The van der Waals surface area contributed by atoms with Gasteiger partial charge in [-0.3, -0.25) is 9.59 Å². The second-order valence-electron chi connectivity index (χ2n) is 11.2. The molecule has 8 heteroatoms. The van der Waals surface area contributed by atoms with Crippen LogP contribution in [0.4, 0.5) is 0 Å². The number of aliphatic carboxylic acids is 1. The maximum atomic E-state index is 12.1. The summed E-state index contributed by atoms with van der Waals surface area (Å²) in [7, 11) is 0. The highest BCUT2D eigenvalue weighted by atomic mass is 16.5. The Hall–Kier alpha value is -2.19. The number of rotatable bonds is 14. The van der Waals surface area contributed by atoms with E-state index in [0.717, 1.165) is 44.1 Å². The lowest BCUT2D eigenvalue weighted by Crippen LogP contribution is -2.53. The van der Waals surface area contributed by atoms with Gasteiger partial charge in [0, 0.05) is 17.6 Å². The fourth-order valence-corrected chi connectivity index (χ4v) is 6.36. The Bertz CT molecular complexity index is 862. The molecule has 0 radical (unpaired) electrons. The Morgan fingerprint density at radius 2 is 1.89 bits per heavy atom. The van der Waals surface area contributed by atoms with Crippen molar-refractivity contribution in [3.63, 3.8) is 0 Å². The summed E-state index contributed by atoms with van der Waals surface area (Å²) in [6, 6.07) is 0. The highest BCUT2D eigenvalue weighted by molar-refractivity contribution is 5.87. The molecule has 1 fully saturated rings. The van der Waals surface area contributed by atoms with Gasteiger partial charge < -0.3 is 24.8 Å². The molecule has 0 heterocycles. The van der Waals surface area contributed by atoms with Crippen molar-refractivity contribution < 1.29 is 39.2 Å². The van der Waals surface area contributed by atoms with Gasteiger partial charge in [0.15, 0.2) is 0 Å². The molecule has 0 unspecified atom stereocenters.